The fraction of sp³-hybridized carbons (Fsp3) is 0.455. The lowest BCUT2D eigenvalue weighted by Gasteiger charge is -2.22. The zero-order chi connectivity index (χ0) is 23.8. The zero-order valence-electron chi connectivity index (χ0n) is 18.7. The minimum absolute atomic E-state index is 0.0920. The molecule has 1 aromatic carbocycles. The van der Waals surface area contributed by atoms with Gasteiger partial charge in [-0.25, -0.2) is 8.42 Å². The van der Waals surface area contributed by atoms with E-state index in [0.29, 0.717) is 36.7 Å². The van der Waals surface area contributed by atoms with Gasteiger partial charge in [0.25, 0.3) is 11.8 Å². The van der Waals surface area contributed by atoms with Crippen LogP contribution in [-0.2, 0) is 27.7 Å². The highest BCUT2D eigenvalue weighted by molar-refractivity contribution is 7.89. The first-order chi connectivity index (χ1) is 15.7. The maximum Gasteiger partial charge on any atom is 0.256 e. The van der Waals surface area contributed by atoms with E-state index in [0.717, 1.165) is 29.8 Å². The van der Waals surface area contributed by atoms with Gasteiger partial charge in [0.1, 0.15) is 5.00 Å². The van der Waals surface area contributed by atoms with Crippen molar-refractivity contribution in [1.82, 2.24) is 9.21 Å². The summed E-state index contributed by atoms with van der Waals surface area (Å²) in [6.45, 7) is 2.46. The molecule has 1 saturated heterocycles. The van der Waals surface area contributed by atoms with Crippen molar-refractivity contribution in [1.29, 1.82) is 0 Å². The van der Waals surface area contributed by atoms with Crippen LogP contribution in [0.1, 0.15) is 44.0 Å². The number of hydrogen-bond acceptors (Lipinski definition) is 7. The lowest BCUT2D eigenvalue weighted by Crippen LogP contribution is -2.34. The van der Waals surface area contributed by atoms with Crippen LogP contribution >= 0.6 is 11.3 Å². The number of benzene rings is 1. The van der Waals surface area contributed by atoms with Crippen LogP contribution < -0.4 is 11.1 Å². The van der Waals surface area contributed by atoms with Crippen LogP contribution in [0.3, 0.4) is 0 Å². The van der Waals surface area contributed by atoms with Crippen LogP contribution in [0.2, 0.25) is 0 Å². The van der Waals surface area contributed by atoms with Crippen molar-refractivity contribution in [3.8, 4) is 0 Å². The molecular weight excluding hydrogens is 464 g/mol. The van der Waals surface area contributed by atoms with Crippen molar-refractivity contribution in [2.24, 2.45) is 5.73 Å². The van der Waals surface area contributed by atoms with Crippen molar-refractivity contribution in [2.75, 3.05) is 39.1 Å². The zero-order valence-corrected chi connectivity index (χ0v) is 20.3. The van der Waals surface area contributed by atoms with Gasteiger partial charge in [0, 0.05) is 43.7 Å². The Kier molecular flexibility index (Phi) is 6.87. The molecule has 1 unspecified atom stereocenters. The molecule has 2 aliphatic rings. The summed E-state index contributed by atoms with van der Waals surface area (Å²) in [5, 5.41) is 3.22. The van der Waals surface area contributed by atoms with E-state index in [-0.39, 0.29) is 16.6 Å². The minimum atomic E-state index is -3.70. The van der Waals surface area contributed by atoms with E-state index in [1.165, 1.54) is 47.0 Å². The molecule has 9 nitrogen and oxygen atoms in total. The summed E-state index contributed by atoms with van der Waals surface area (Å²) in [5.74, 6) is -0.996. The van der Waals surface area contributed by atoms with Gasteiger partial charge in [-0.1, -0.05) is 0 Å². The summed E-state index contributed by atoms with van der Waals surface area (Å²) < 4.78 is 32.5. The van der Waals surface area contributed by atoms with Gasteiger partial charge in [0.2, 0.25) is 10.0 Å². The number of amides is 2. The fourth-order valence-electron chi connectivity index (χ4n) is 4.19. The number of fused-ring (bicyclic) bond motifs is 1. The lowest BCUT2D eigenvalue weighted by atomic mass is 10.0. The molecule has 1 fully saturated rings. The highest BCUT2D eigenvalue weighted by Crippen LogP contribution is 2.36. The SMILES string of the molecule is CN1CCc2c(sc(NC(=O)c3ccc(S(=O)(=O)N(C)CC4CCCO4)cc3)c2C(N)=O)C1. The monoisotopic (exact) mass is 492 g/mol. The van der Waals surface area contributed by atoms with Crippen LogP contribution in [0.5, 0.6) is 0 Å². The van der Waals surface area contributed by atoms with E-state index in [4.69, 9.17) is 10.5 Å². The smallest absolute Gasteiger partial charge is 0.256 e. The Labute approximate surface area is 197 Å². The lowest BCUT2D eigenvalue weighted by molar-refractivity contribution is 0.0978. The molecule has 1 atom stereocenters. The summed E-state index contributed by atoms with van der Waals surface area (Å²) >= 11 is 1.35. The van der Waals surface area contributed by atoms with Crippen LogP contribution in [0, 0.1) is 0 Å². The molecule has 2 aliphatic heterocycles. The number of likely N-dealkylation sites (N-methyl/N-ethyl adjacent to an activating group) is 2. The van der Waals surface area contributed by atoms with Gasteiger partial charge in [-0.3, -0.25) is 9.59 Å². The molecule has 2 aromatic rings. The number of thiophene rings is 1. The maximum absolute atomic E-state index is 12.9. The van der Waals surface area contributed by atoms with Crippen molar-refractivity contribution in [2.45, 2.75) is 36.8 Å². The third-order valence-electron chi connectivity index (χ3n) is 6.03. The van der Waals surface area contributed by atoms with Gasteiger partial charge in [0.15, 0.2) is 0 Å². The second kappa shape index (κ2) is 9.51. The van der Waals surface area contributed by atoms with Gasteiger partial charge in [-0.05, 0) is 56.1 Å². The number of nitrogens with one attached hydrogen (secondary N) is 1. The summed E-state index contributed by atoms with van der Waals surface area (Å²) in [4.78, 5) is 28.2. The Hall–Kier alpha value is -2.31. The number of primary amides is 1. The summed E-state index contributed by atoms with van der Waals surface area (Å²) in [7, 11) is -0.170. The number of ether oxygens (including phenoxy) is 1. The van der Waals surface area contributed by atoms with E-state index in [1.54, 1.807) is 0 Å². The van der Waals surface area contributed by atoms with Crippen LogP contribution in [0.15, 0.2) is 29.2 Å². The van der Waals surface area contributed by atoms with E-state index >= 15 is 0 Å². The molecule has 3 N–H and O–H groups in total. The maximum atomic E-state index is 12.9. The molecule has 11 heteroatoms. The Bertz CT molecular complexity index is 1150. The van der Waals surface area contributed by atoms with E-state index in [9.17, 15) is 18.0 Å². The molecule has 0 aliphatic carbocycles. The first-order valence-corrected chi connectivity index (χ1v) is 13.0. The average Bonchev–Trinajstić information content (AvgIpc) is 3.40. The molecule has 1 aromatic heterocycles. The Balaban J connectivity index is 1.49. The molecule has 0 radical (unpaired) electrons. The minimum Gasteiger partial charge on any atom is -0.377 e. The molecule has 2 amide bonds. The number of hydrogen-bond donors (Lipinski definition) is 2. The van der Waals surface area contributed by atoms with E-state index in [2.05, 4.69) is 10.2 Å². The quantitative estimate of drug-likeness (QED) is 0.609. The molecule has 0 bridgehead atoms. The van der Waals surface area contributed by atoms with Crippen LogP contribution in [0.4, 0.5) is 5.00 Å². The largest absolute Gasteiger partial charge is 0.377 e. The molecule has 0 spiro atoms. The van der Waals surface area contributed by atoms with Crippen molar-refractivity contribution in [3.63, 3.8) is 0 Å². The summed E-state index contributed by atoms with van der Waals surface area (Å²) in [6.07, 6.45) is 2.38. The van der Waals surface area contributed by atoms with Crippen LogP contribution in [-0.4, -0.2) is 69.3 Å². The number of nitrogens with two attached hydrogens (primary N) is 1. The number of carbonyl (C=O) groups excluding carboxylic acids is 2. The van der Waals surface area contributed by atoms with Crippen molar-refractivity contribution in [3.05, 3.63) is 45.8 Å². The average molecular weight is 493 g/mol. The second-order valence-electron chi connectivity index (χ2n) is 8.46. The summed E-state index contributed by atoms with van der Waals surface area (Å²) in [6, 6.07) is 5.76. The number of sulfonamides is 1. The van der Waals surface area contributed by atoms with Crippen LogP contribution in [0.25, 0.3) is 0 Å². The number of nitrogens with zero attached hydrogens (tertiary/aromatic N) is 2. The highest BCUT2D eigenvalue weighted by Gasteiger charge is 2.28. The van der Waals surface area contributed by atoms with Gasteiger partial charge < -0.3 is 20.7 Å². The van der Waals surface area contributed by atoms with E-state index < -0.39 is 21.8 Å². The second-order valence-corrected chi connectivity index (χ2v) is 11.6. The molecular formula is C22H28N4O5S2. The van der Waals surface area contributed by atoms with Gasteiger partial charge in [-0.2, -0.15) is 4.31 Å². The highest BCUT2D eigenvalue weighted by atomic mass is 32.2. The number of carbonyl (C=O) groups is 2. The van der Waals surface area contributed by atoms with Gasteiger partial charge in [-0.15, -0.1) is 11.3 Å². The molecule has 178 valence electrons. The topological polar surface area (TPSA) is 122 Å². The first-order valence-electron chi connectivity index (χ1n) is 10.8. The van der Waals surface area contributed by atoms with E-state index in [1.807, 2.05) is 7.05 Å². The predicted molar refractivity (Wildman–Crippen MR) is 126 cm³/mol. The third kappa shape index (κ3) is 4.97. The molecule has 4 rings (SSSR count). The van der Waals surface area contributed by atoms with Gasteiger partial charge in [0.05, 0.1) is 16.6 Å². The Morgan fingerprint density at radius 1 is 1.30 bits per heavy atom. The molecule has 33 heavy (non-hydrogen) atoms. The first kappa shape index (κ1) is 23.8. The van der Waals surface area contributed by atoms with Crippen molar-refractivity contribution >= 4 is 38.2 Å². The van der Waals surface area contributed by atoms with Crippen molar-refractivity contribution < 1.29 is 22.7 Å². The standard InChI is InChI=1S/C22H28N4O5S2/c1-25-10-9-17-18(13-25)32-22(19(17)20(23)27)24-21(28)14-5-7-16(8-6-14)33(29,30)26(2)12-15-4-3-11-31-15/h5-8,15H,3-4,9-13H2,1-2H3,(H2,23,27)(H,24,28). The normalized spacial score (nSPS) is 18.9. The number of anilines is 1. The fourth-order valence-corrected chi connectivity index (χ4v) is 6.72. The van der Waals surface area contributed by atoms with Gasteiger partial charge >= 0.3 is 0 Å². The Morgan fingerprint density at radius 3 is 2.67 bits per heavy atom. The Morgan fingerprint density at radius 2 is 2.03 bits per heavy atom. The molecule has 3 heterocycles. The summed E-state index contributed by atoms with van der Waals surface area (Å²) in [5.41, 5.74) is 7.16. The predicted octanol–water partition coefficient (Wildman–Crippen LogP) is 1.89. The molecule has 0 saturated carbocycles. The number of rotatable bonds is 7. The third-order valence-corrected chi connectivity index (χ3v) is 9.00.